The van der Waals surface area contributed by atoms with Crippen LogP contribution < -0.4 is 10.2 Å². The maximum absolute atomic E-state index is 13.0. The van der Waals surface area contributed by atoms with E-state index < -0.39 is 15.9 Å². The highest BCUT2D eigenvalue weighted by atomic mass is 32.2. The molecule has 0 bridgehead atoms. The summed E-state index contributed by atoms with van der Waals surface area (Å²) in [6.07, 6.45) is 0.369. The van der Waals surface area contributed by atoms with Crippen molar-refractivity contribution in [1.29, 1.82) is 0 Å². The molecule has 0 unspecified atom stereocenters. The molecule has 9 nitrogen and oxygen atoms in total. The number of hydrogen-bond acceptors (Lipinski definition) is 6. The minimum Gasteiger partial charge on any atom is -0.379 e. The third kappa shape index (κ3) is 4.29. The lowest BCUT2D eigenvalue weighted by Gasteiger charge is -2.26. The molecule has 10 heteroatoms. The van der Waals surface area contributed by atoms with E-state index >= 15 is 0 Å². The molecule has 3 amide bonds. The Kier molecular flexibility index (Phi) is 6.09. The first-order valence-corrected chi connectivity index (χ1v) is 11.7. The Balaban J connectivity index is 1.52. The first kappa shape index (κ1) is 22.1. The van der Waals surface area contributed by atoms with Crippen molar-refractivity contribution in [3.05, 3.63) is 53.6 Å². The lowest BCUT2D eigenvalue weighted by atomic mass is 10.1. The quantitative estimate of drug-likeness (QED) is 0.687. The van der Waals surface area contributed by atoms with Crippen molar-refractivity contribution in [2.24, 2.45) is 0 Å². The number of imide groups is 1. The van der Waals surface area contributed by atoms with E-state index in [2.05, 4.69) is 5.32 Å². The van der Waals surface area contributed by atoms with Crippen LogP contribution in [0.4, 0.5) is 11.4 Å². The average molecular weight is 458 g/mol. The van der Waals surface area contributed by atoms with Gasteiger partial charge in [0.25, 0.3) is 5.91 Å². The average Bonchev–Trinajstić information content (AvgIpc) is 3.13. The summed E-state index contributed by atoms with van der Waals surface area (Å²) in [5, 5.41) is 2.71. The fraction of sp³-hybridized carbons (Fsp3) is 0.318. The van der Waals surface area contributed by atoms with E-state index in [0.29, 0.717) is 35.7 Å². The molecule has 1 N–H and O–H groups in total. The van der Waals surface area contributed by atoms with Gasteiger partial charge >= 0.3 is 0 Å². The highest BCUT2D eigenvalue weighted by molar-refractivity contribution is 7.89. The molecule has 168 valence electrons. The number of anilines is 2. The zero-order valence-corrected chi connectivity index (χ0v) is 18.4. The highest BCUT2D eigenvalue weighted by Gasteiger charge is 2.30. The summed E-state index contributed by atoms with van der Waals surface area (Å²) in [6, 6.07) is 10.9. The van der Waals surface area contributed by atoms with Crippen molar-refractivity contribution < 1.29 is 27.5 Å². The van der Waals surface area contributed by atoms with Crippen LogP contribution in [0.2, 0.25) is 0 Å². The lowest BCUT2D eigenvalue weighted by molar-refractivity contribution is -0.121. The van der Waals surface area contributed by atoms with Crippen molar-refractivity contribution in [2.75, 3.05) is 36.5 Å². The van der Waals surface area contributed by atoms with E-state index in [4.69, 9.17) is 4.74 Å². The topological polar surface area (TPSA) is 113 Å². The number of rotatable bonds is 5. The normalized spacial score (nSPS) is 17.6. The van der Waals surface area contributed by atoms with E-state index in [0.717, 1.165) is 4.90 Å². The van der Waals surface area contributed by atoms with Crippen molar-refractivity contribution >= 4 is 39.1 Å². The molecule has 2 heterocycles. The third-order valence-electron chi connectivity index (χ3n) is 5.47. The number of sulfonamides is 1. The Morgan fingerprint density at radius 2 is 1.59 bits per heavy atom. The fourth-order valence-electron chi connectivity index (χ4n) is 3.71. The summed E-state index contributed by atoms with van der Waals surface area (Å²) in [5.74, 6) is -0.962. The van der Waals surface area contributed by atoms with Gasteiger partial charge in [0.2, 0.25) is 21.8 Å². The molecule has 2 aromatic rings. The molecule has 0 spiro atoms. The molecule has 2 aliphatic heterocycles. The van der Waals surface area contributed by atoms with Crippen molar-refractivity contribution in [1.82, 2.24) is 4.31 Å². The number of nitrogens with one attached hydrogen (secondary N) is 1. The number of nitrogens with zero attached hydrogens (tertiary/aromatic N) is 2. The van der Waals surface area contributed by atoms with Crippen molar-refractivity contribution in [2.45, 2.75) is 24.7 Å². The number of carbonyl (C=O) groups excluding carboxylic acids is 3. The highest BCUT2D eigenvalue weighted by Crippen LogP contribution is 2.26. The van der Waals surface area contributed by atoms with Gasteiger partial charge in [-0.1, -0.05) is 6.07 Å². The zero-order valence-electron chi connectivity index (χ0n) is 17.5. The van der Waals surface area contributed by atoms with Gasteiger partial charge in [-0.15, -0.1) is 0 Å². The standard InChI is InChI=1S/C22H23N3O6S/c1-15-2-5-17(14-19(15)32(29,30)24-10-12-31-13-11-24)23-22(28)16-3-6-18(7-4-16)25-20(26)8-9-21(25)27/h2-7,14H,8-13H2,1H3,(H,23,28). The monoisotopic (exact) mass is 457 g/mol. The van der Waals surface area contributed by atoms with Crippen LogP contribution >= 0.6 is 0 Å². The second kappa shape index (κ2) is 8.81. The number of amides is 3. The first-order valence-electron chi connectivity index (χ1n) is 10.2. The van der Waals surface area contributed by atoms with E-state index in [-0.39, 0.29) is 42.6 Å². The molecular weight excluding hydrogens is 434 g/mol. The van der Waals surface area contributed by atoms with Crippen LogP contribution in [0.3, 0.4) is 0 Å². The van der Waals surface area contributed by atoms with Crippen LogP contribution in [0.5, 0.6) is 0 Å². The number of carbonyl (C=O) groups is 3. The zero-order chi connectivity index (χ0) is 22.9. The Labute approximate surface area is 186 Å². The number of ether oxygens (including phenoxy) is 1. The summed E-state index contributed by atoms with van der Waals surface area (Å²) in [5.41, 5.74) is 1.66. The second-order valence-corrected chi connectivity index (χ2v) is 9.53. The van der Waals surface area contributed by atoms with E-state index in [1.807, 2.05) is 0 Å². The van der Waals surface area contributed by atoms with Crippen LogP contribution in [0.1, 0.15) is 28.8 Å². The van der Waals surface area contributed by atoms with Crippen LogP contribution in [0.25, 0.3) is 0 Å². The molecule has 2 saturated heterocycles. The van der Waals surface area contributed by atoms with E-state index in [9.17, 15) is 22.8 Å². The maximum Gasteiger partial charge on any atom is 0.255 e. The second-order valence-electron chi connectivity index (χ2n) is 7.62. The first-order chi connectivity index (χ1) is 15.3. The number of hydrogen-bond donors (Lipinski definition) is 1. The Hall–Kier alpha value is -3.08. The Morgan fingerprint density at radius 3 is 2.22 bits per heavy atom. The Morgan fingerprint density at radius 1 is 0.969 bits per heavy atom. The molecule has 32 heavy (non-hydrogen) atoms. The molecule has 0 atom stereocenters. The molecule has 0 aromatic heterocycles. The Bertz CT molecular complexity index is 1150. The van der Waals surface area contributed by atoms with Crippen LogP contribution in [-0.4, -0.2) is 56.7 Å². The van der Waals surface area contributed by atoms with Crippen molar-refractivity contribution in [3.8, 4) is 0 Å². The largest absolute Gasteiger partial charge is 0.379 e. The lowest BCUT2D eigenvalue weighted by Crippen LogP contribution is -2.40. The summed E-state index contributed by atoms with van der Waals surface area (Å²) in [7, 11) is -3.71. The predicted octanol–water partition coefficient (Wildman–Crippen LogP) is 1.92. The molecule has 2 fully saturated rings. The number of benzene rings is 2. The fourth-order valence-corrected chi connectivity index (χ4v) is 5.37. The minimum atomic E-state index is -3.71. The molecule has 0 radical (unpaired) electrons. The molecule has 0 aliphatic carbocycles. The van der Waals surface area contributed by atoms with Gasteiger partial charge in [-0.25, -0.2) is 8.42 Å². The third-order valence-corrected chi connectivity index (χ3v) is 7.51. The summed E-state index contributed by atoms with van der Waals surface area (Å²) in [4.78, 5) is 37.7. The van der Waals surface area contributed by atoms with Crippen LogP contribution in [0, 0.1) is 6.92 Å². The van der Waals surface area contributed by atoms with Gasteiger partial charge in [0.1, 0.15) is 0 Å². The maximum atomic E-state index is 13.0. The van der Waals surface area contributed by atoms with Gasteiger partial charge in [-0.05, 0) is 48.9 Å². The summed E-state index contributed by atoms with van der Waals surface area (Å²) < 4.78 is 32.7. The van der Waals surface area contributed by atoms with E-state index in [1.54, 1.807) is 31.2 Å². The van der Waals surface area contributed by atoms with Crippen molar-refractivity contribution in [3.63, 3.8) is 0 Å². The summed E-state index contributed by atoms with van der Waals surface area (Å²) in [6.45, 7) is 2.97. The predicted molar refractivity (Wildman–Crippen MR) is 117 cm³/mol. The SMILES string of the molecule is Cc1ccc(NC(=O)c2ccc(N3C(=O)CCC3=O)cc2)cc1S(=O)(=O)N1CCOCC1. The molecule has 2 aliphatic rings. The van der Waals surface area contributed by atoms with Gasteiger partial charge in [0.15, 0.2) is 0 Å². The van der Waals surface area contributed by atoms with Gasteiger partial charge in [0.05, 0.1) is 23.8 Å². The van der Waals surface area contributed by atoms with Crippen LogP contribution in [-0.2, 0) is 24.3 Å². The van der Waals surface area contributed by atoms with Crippen LogP contribution in [0.15, 0.2) is 47.4 Å². The van der Waals surface area contributed by atoms with E-state index in [1.165, 1.54) is 22.5 Å². The van der Waals surface area contributed by atoms with Gasteiger partial charge in [0, 0.05) is 37.2 Å². The van der Waals surface area contributed by atoms with Gasteiger partial charge in [-0.3, -0.25) is 19.3 Å². The summed E-state index contributed by atoms with van der Waals surface area (Å²) >= 11 is 0. The number of morpholine rings is 1. The molecule has 4 rings (SSSR count). The number of aryl methyl sites for hydroxylation is 1. The minimum absolute atomic E-state index is 0.138. The molecule has 2 aromatic carbocycles. The van der Waals surface area contributed by atoms with Gasteiger partial charge < -0.3 is 10.1 Å². The smallest absolute Gasteiger partial charge is 0.255 e. The van der Waals surface area contributed by atoms with Gasteiger partial charge in [-0.2, -0.15) is 4.31 Å². The molecular formula is C22H23N3O6S. The molecule has 0 saturated carbocycles.